The van der Waals surface area contributed by atoms with E-state index in [9.17, 15) is 28.7 Å². The molecule has 35 heavy (non-hydrogen) atoms. The molecule has 2 aliphatic rings. The maximum atomic E-state index is 13.7. The first-order valence-corrected chi connectivity index (χ1v) is 11.2. The van der Waals surface area contributed by atoms with Crippen LogP contribution in [0, 0.1) is 30.1 Å². The minimum Gasteiger partial charge on any atom is -0.476 e. The van der Waals surface area contributed by atoms with Gasteiger partial charge >= 0.3 is 5.97 Å². The van der Waals surface area contributed by atoms with E-state index in [1.165, 1.54) is 16.5 Å². The van der Waals surface area contributed by atoms with Crippen molar-refractivity contribution >= 4 is 34.7 Å². The zero-order valence-corrected chi connectivity index (χ0v) is 19.3. The summed E-state index contributed by atoms with van der Waals surface area (Å²) in [6.45, 7) is 3.56. The molecule has 5 rings (SSSR count). The van der Waals surface area contributed by atoms with Crippen LogP contribution in [0.4, 0.5) is 20.3 Å². The van der Waals surface area contributed by atoms with Gasteiger partial charge in [0.05, 0.1) is 23.6 Å². The second-order valence-corrected chi connectivity index (χ2v) is 9.27. The number of alkyl halides is 2. The van der Waals surface area contributed by atoms with Gasteiger partial charge in [0, 0.05) is 24.8 Å². The van der Waals surface area contributed by atoms with Gasteiger partial charge in [0.25, 0.3) is 11.5 Å². The van der Waals surface area contributed by atoms with Crippen LogP contribution in [0.25, 0.3) is 5.65 Å². The number of carbonyl (C=O) groups is 1. The first-order valence-electron chi connectivity index (χ1n) is 10.8. The molecule has 0 amide bonds. The fourth-order valence-electron chi connectivity index (χ4n) is 4.75. The van der Waals surface area contributed by atoms with Crippen LogP contribution in [0.1, 0.15) is 40.1 Å². The van der Waals surface area contributed by atoms with Crippen LogP contribution < -0.4 is 15.8 Å². The summed E-state index contributed by atoms with van der Waals surface area (Å²) in [6, 6.07) is 6.07. The van der Waals surface area contributed by atoms with Crippen molar-refractivity contribution in [2.75, 3.05) is 23.3 Å². The van der Waals surface area contributed by atoms with Gasteiger partial charge in [0.2, 0.25) is 0 Å². The maximum Gasteiger partial charge on any atom is 0.356 e. The summed E-state index contributed by atoms with van der Waals surface area (Å²) in [7, 11) is 0. The molecule has 1 saturated carbocycles. The van der Waals surface area contributed by atoms with Crippen LogP contribution in [0.3, 0.4) is 0 Å². The zero-order chi connectivity index (χ0) is 25.2. The number of pyridine rings is 2. The molecule has 3 aromatic rings. The van der Waals surface area contributed by atoms with E-state index in [0.717, 1.165) is 0 Å². The number of piperidine rings is 1. The Hall–Kier alpha value is -3.78. The molecule has 2 unspecified atom stereocenters. The molecule has 1 saturated heterocycles. The van der Waals surface area contributed by atoms with E-state index in [4.69, 9.17) is 11.6 Å². The van der Waals surface area contributed by atoms with Crippen LogP contribution in [0.5, 0.6) is 0 Å². The fourth-order valence-corrected chi connectivity index (χ4v) is 4.90. The van der Waals surface area contributed by atoms with Crippen LogP contribution in [0.15, 0.2) is 29.2 Å². The predicted molar refractivity (Wildman–Crippen MR) is 123 cm³/mol. The van der Waals surface area contributed by atoms with E-state index in [0.29, 0.717) is 11.1 Å². The van der Waals surface area contributed by atoms with E-state index in [-0.39, 0.29) is 46.7 Å². The lowest BCUT2D eigenvalue weighted by Gasteiger charge is -2.24. The second kappa shape index (κ2) is 7.88. The average Bonchev–Trinajstić information content (AvgIpc) is 3.13. The smallest absolute Gasteiger partial charge is 0.356 e. The van der Waals surface area contributed by atoms with Gasteiger partial charge in [-0.1, -0.05) is 11.6 Å². The highest BCUT2D eigenvalue weighted by Gasteiger charge is 2.72. The third kappa shape index (κ3) is 3.65. The first-order chi connectivity index (χ1) is 16.5. The molecule has 1 aliphatic carbocycles. The molecule has 2 N–H and O–H groups in total. The van der Waals surface area contributed by atoms with Crippen molar-refractivity contribution in [1.82, 2.24) is 14.4 Å². The molecule has 0 spiro atoms. The van der Waals surface area contributed by atoms with Crippen molar-refractivity contribution in [1.29, 1.82) is 5.26 Å². The summed E-state index contributed by atoms with van der Waals surface area (Å²) < 4.78 is 28.7. The Morgan fingerprint density at radius 3 is 2.66 bits per heavy atom. The Balaban J connectivity index is 1.60. The molecule has 3 aromatic heterocycles. The monoisotopic (exact) mass is 500 g/mol. The third-order valence-corrected chi connectivity index (χ3v) is 6.79. The van der Waals surface area contributed by atoms with Crippen molar-refractivity contribution in [3.8, 4) is 6.07 Å². The minimum absolute atomic E-state index is 0.0162. The maximum absolute atomic E-state index is 13.7. The van der Waals surface area contributed by atoms with Gasteiger partial charge in [-0.15, -0.1) is 0 Å². The van der Waals surface area contributed by atoms with E-state index in [1.807, 2.05) is 6.07 Å². The quantitative estimate of drug-likeness (QED) is 0.510. The molecule has 12 heteroatoms. The summed E-state index contributed by atoms with van der Waals surface area (Å²) in [4.78, 5) is 34.9. The number of nitrogens with zero attached hydrogens (tertiary/aromatic N) is 5. The normalized spacial score (nSPS) is 20.9. The van der Waals surface area contributed by atoms with Gasteiger partial charge in [-0.2, -0.15) is 5.26 Å². The molecule has 9 nitrogen and oxygen atoms in total. The molecular weight excluding hydrogens is 482 g/mol. The molecule has 0 aromatic carbocycles. The summed E-state index contributed by atoms with van der Waals surface area (Å²) in [5.41, 5.74) is 0.630. The number of anilines is 2. The molecule has 4 heterocycles. The Labute approximate surface area is 202 Å². The molecule has 2 fully saturated rings. The Morgan fingerprint density at radius 1 is 1.34 bits per heavy atom. The number of fused-ring (bicyclic) bond motifs is 2. The van der Waals surface area contributed by atoms with Crippen molar-refractivity contribution in [2.24, 2.45) is 11.8 Å². The molecule has 0 radical (unpaired) electrons. The lowest BCUT2D eigenvalue weighted by Crippen LogP contribution is -2.32. The second-order valence-electron chi connectivity index (χ2n) is 8.89. The zero-order valence-electron chi connectivity index (χ0n) is 18.6. The van der Waals surface area contributed by atoms with E-state index < -0.39 is 35.3 Å². The number of carboxylic acids is 1. The number of carboxylic acid groups (broad SMARTS) is 1. The number of nitrogens with one attached hydrogen (secondary N) is 1. The third-order valence-electron chi connectivity index (χ3n) is 6.58. The number of hydrogen-bond donors (Lipinski definition) is 2. The largest absolute Gasteiger partial charge is 0.476 e. The first kappa shape index (κ1) is 23.0. The van der Waals surface area contributed by atoms with Crippen molar-refractivity contribution in [2.45, 2.75) is 25.8 Å². The summed E-state index contributed by atoms with van der Waals surface area (Å²) in [5, 5.41) is 22.3. The van der Waals surface area contributed by atoms with Crippen molar-refractivity contribution < 1.29 is 18.7 Å². The Bertz CT molecular complexity index is 1490. The van der Waals surface area contributed by atoms with Crippen LogP contribution in [0.2, 0.25) is 5.15 Å². The molecule has 1 aliphatic heterocycles. The highest BCUT2D eigenvalue weighted by atomic mass is 35.5. The van der Waals surface area contributed by atoms with Gasteiger partial charge in [-0.05, 0) is 37.6 Å². The number of aryl methyl sites for hydroxylation is 1. The molecule has 3 atom stereocenters. The lowest BCUT2D eigenvalue weighted by atomic mass is 10.1. The van der Waals surface area contributed by atoms with Crippen LogP contribution in [-0.2, 0) is 0 Å². The summed E-state index contributed by atoms with van der Waals surface area (Å²) in [5.74, 6) is -5.52. The van der Waals surface area contributed by atoms with Gasteiger partial charge in [-0.25, -0.2) is 23.5 Å². The number of halogens is 3. The highest BCUT2D eigenvalue weighted by molar-refractivity contribution is 6.29. The molecule has 180 valence electrons. The number of hydrogen-bond acceptors (Lipinski definition) is 7. The molecular formula is C23H19ClF2N6O3. The average molecular weight is 501 g/mol. The predicted octanol–water partition coefficient (Wildman–Crippen LogP) is 3.50. The van der Waals surface area contributed by atoms with E-state index in [1.54, 1.807) is 31.0 Å². The standard InChI is InChI=1S/C23H19ClF2N6O3/c1-10-5-12(11(2)28-16-3-4-17(24)29-18(16)22(34)35)20-30-19(13(6-27)21(33)32(20)7-10)31-8-14-15(9-31)23(14,25)26/h3-5,7,11,14-15,28H,8-9H2,1-2H3,(H,34,35)/t11-,14?,15?/m1/s1. The summed E-state index contributed by atoms with van der Waals surface area (Å²) in [6.07, 6.45) is 1.55. The number of rotatable bonds is 5. The van der Waals surface area contributed by atoms with Crippen LogP contribution in [-0.4, -0.2) is 44.5 Å². The van der Waals surface area contributed by atoms with E-state index in [2.05, 4.69) is 15.3 Å². The van der Waals surface area contributed by atoms with Gasteiger partial charge < -0.3 is 15.3 Å². The topological polar surface area (TPSA) is 124 Å². The van der Waals surface area contributed by atoms with Crippen molar-refractivity contribution in [3.63, 3.8) is 0 Å². The van der Waals surface area contributed by atoms with Crippen molar-refractivity contribution in [3.05, 3.63) is 62.3 Å². The summed E-state index contributed by atoms with van der Waals surface area (Å²) >= 11 is 5.84. The fraction of sp³-hybridized carbons (Fsp3) is 0.348. The van der Waals surface area contributed by atoms with E-state index >= 15 is 0 Å². The number of aromatic nitrogens is 3. The minimum atomic E-state index is -2.72. The van der Waals surface area contributed by atoms with Gasteiger partial charge in [0.1, 0.15) is 16.9 Å². The Kier molecular flexibility index (Phi) is 5.18. The SMILES string of the molecule is Cc1cc([C@@H](C)Nc2ccc(Cl)nc2C(=O)O)c2nc(N3CC4C(C3)C4(F)F)c(C#N)c(=O)n2c1. The van der Waals surface area contributed by atoms with Gasteiger partial charge in [0.15, 0.2) is 17.1 Å². The highest BCUT2D eigenvalue weighted by Crippen LogP contribution is 2.59. The van der Waals surface area contributed by atoms with Gasteiger partial charge in [-0.3, -0.25) is 9.20 Å². The Morgan fingerprint density at radius 2 is 2.03 bits per heavy atom. The number of nitriles is 1. The lowest BCUT2D eigenvalue weighted by molar-refractivity contribution is 0.0691. The molecule has 0 bridgehead atoms. The number of aromatic carboxylic acids is 1. The van der Waals surface area contributed by atoms with Crippen LogP contribution >= 0.6 is 11.6 Å².